The van der Waals surface area contributed by atoms with Crippen LogP contribution in [0.15, 0.2) is 48.5 Å². The van der Waals surface area contributed by atoms with E-state index in [1.165, 1.54) is 16.8 Å². The number of hydrogen-bond acceptors (Lipinski definition) is 7. The van der Waals surface area contributed by atoms with Crippen molar-refractivity contribution in [1.29, 1.82) is 0 Å². The Morgan fingerprint density at radius 2 is 2.07 bits per heavy atom. The van der Waals surface area contributed by atoms with E-state index < -0.39 is 6.10 Å². The third-order valence-corrected chi connectivity index (χ3v) is 6.55. The highest BCUT2D eigenvalue weighted by Crippen LogP contribution is 2.32. The van der Waals surface area contributed by atoms with Gasteiger partial charge in [-0.05, 0) is 55.8 Å². The lowest BCUT2D eigenvalue weighted by Crippen LogP contribution is -2.41. The van der Waals surface area contributed by atoms with Gasteiger partial charge in [-0.25, -0.2) is 9.78 Å². The summed E-state index contributed by atoms with van der Waals surface area (Å²) in [5, 5.41) is 11.7. The molecule has 1 saturated heterocycles. The van der Waals surface area contributed by atoms with Gasteiger partial charge in [0.2, 0.25) is 0 Å². The van der Waals surface area contributed by atoms with Gasteiger partial charge in [0.05, 0.1) is 27.9 Å². The number of rotatable bonds is 7. The molecule has 0 unspecified atom stereocenters. The lowest BCUT2D eigenvalue weighted by atomic mass is 9.98. The second kappa shape index (κ2) is 9.55. The van der Waals surface area contributed by atoms with Crippen LogP contribution in [0.3, 0.4) is 0 Å². The molecule has 0 saturated carbocycles. The Morgan fingerprint density at radius 1 is 1.27 bits per heavy atom. The van der Waals surface area contributed by atoms with Crippen LogP contribution in [-0.4, -0.2) is 60.4 Å². The van der Waals surface area contributed by atoms with E-state index in [4.69, 9.17) is 9.72 Å². The van der Waals surface area contributed by atoms with E-state index in [0.29, 0.717) is 23.8 Å². The van der Waals surface area contributed by atoms with Gasteiger partial charge in [-0.15, -0.1) is 11.3 Å². The second-order valence-corrected chi connectivity index (χ2v) is 8.66. The molecular formula is C23H26N2O4S. The van der Waals surface area contributed by atoms with Gasteiger partial charge < -0.3 is 14.6 Å². The zero-order valence-electron chi connectivity index (χ0n) is 17.0. The summed E-state index contributed by atoms with van der Waals surface area (Å²) in [6.07, 6.45) is 1.65. The summed E-state index contributed by atoms with van der Waals surface area (Å²) < 4.78 is 11.6. The monoisotopic (exact) mass is 426 g/mol. The molecule has 3 aromatic rings. The molecule has 158 valence electrons. The van der Waals surface area contributed by atoms with Crippen LogP contribution in [0, 0.1) is 0 Å². The number of fused-ring (bicyclic) bond motifs is 1. The van der Waals surface area contributed by atoms with Gasteiger partial charge in [0.1, 0.15) is 18.5 Å². The molecule has 1 aromatic heterocycles. The maximum atomic E-state index is 11.5. The number of piperidine rings is 1. The Labute approximate surface area is 180 Å². The number of esters is 1. The number of nitrogens with zero attached hydrogens (tertiary/aromatic N) is 2. The normalized spacial score (nSPS) is 18.3. The molecule has 1 aliphatic rings. The molecule has 1 aliphatic heterocycles. The minimum Gasteiger partial charge on any atom is -0.491 e. The number of carbonyl (C=O) groups is 1. The lowest BCUT2D eigenvalue weighted by molar-refractivity contribution is 0.0578. The third kappa shape index (κ3) is 4.98. The van der Waals surface area contributed by atoms with Crippen LogP contribution < -0.4 is 4.74 Å². The third-order valence-electron chi connectivity index (χ3n) is 5.35. The molecule has 0 aliphatic carbocycles. The Morgan fingerprint density at radius 3 is 2.83 bits per heavy atom. The molecule has 6 nitrogen and oxygen atoms in total. The highest BCUT2D eigenvalue weighted by atomic mass is 32.1. The van der Waals surface area contributed by atoms with Gasteiger partial charge in [-0.1, -0.05) is 12.1 Å². The number of benzene rings is 2. The Balaban J connectivity index is 1.28. The van der Waals surface area contributed by atoms with Crippen LogP contribution in [-0.2, 0) is 4.74 Å². The van der Waals surface area contributed by atoms with Crippen molar-refractivity contribution in [2.45, 2.75) is 24.9 Å². The number of β-amino-alcohol motifs (C(OH)–C–C–N with tert-alkyl or cyclic N) is 1. The van der Waals surface area contributed by atoms with Gasteiger partial charge in [0.15, 0.2) is 0 Å². The van der Waals surface area contributed by atoms with Crippen molar-refractivity contribution >= 4 is 27.5 Å². The maximum Gasteiger partial charge on any atom is 0.337 e. The molecule has 0 amide bonds. The SMILES string of the molecule is COC(=O)c1ccc(OC[C@@H](O)CN2CCC[C@@H](c3nc4ccccc4s3)C2)cc1. The minimum absolute atomic E-state index is 0.208. The van der Waals surface area contributed by atoms with Gasteiger partial charge in [0, 0.05) is 19.0 Å². The van der Waals surface area contributed by atoms with Crippen LogP contribution >= 0.6 is 11.3 Å². The lowest BCUT2D eigenvalue weighted by Gasteiger charge is -2.33. The number of methoxy groups -OCH3 is 1. The van der Waals surface area contributed by atoms with E-state index in [1.54, 1.807) is 35.6 Å². The van der Waals surface area contributed by atoms with Gasteiger partial charge in [-0.3, -0.25) is 4.90 Å². The molecule has 0 radical (unpaired) electrons. The van der Waals surface area contributed by atoms with Crippen molar-refractivity contribution in [2.24, 2.45) is 0 Å². The fraction of sp³-hybridized carbons (Fsp3) is 0.391. The molecular weight excluding hydrogens is 400 g/mol. The van der Waals surface area contributed by atoms with Gasteiger partial charge >= 0.3 is 5.97 Å². The Kier molecular flexibility index (Phi) is 6.62. The standard InChI is InChI=1S/C23H26N2O4S/c1-28-23(27)16-8-10-19(11-9-16)29-15-18(26)14-25-12-4-5-17(13-25)22-24-20-6-2-3-7-21(20)30-22/h2-3,6-11,17-18,26H,4-5,12-15H2,1H3/t17-,18+/m1/s1. The predicted molar refractivity (Wildman–Crippen MR) is 117 cm³/mol. The molecule has 2 atom stereocenters. The quantitative estimate of drug-likeness (QED) is 0.581. The topological polar surface area (TPSA) is 71.9 Å². The summed E-state index contributed by atoms with van der Waals surface area (Å²) >= 11 is 1.78. The summed E-state index contributed by atoms with van der Waals surface area (Å²) in [5.41, 5.74) is 1.54. The maximum absolute atomic E-state index is 11.5. The summed E-state index contributed by atoms with van der Waals surface area (Å²) in [4.78, 5) is 18.6. The molecule has 7 heteroatoms. The Bertz CT molecular complexity index is 955. The second-order valence-electron chi connectivity index (χ2n) is 7.60. The fourth-order valence-electron chi connectivity index (χ4n) is 3.84. The number of ether oxygens (including phenoxy) is 2. The molecule has 2 heterocycles. The van der Waals surface area contributed by atoms with Crippen molar-refractivity contribution in [1.82, 2.24) is 9.88 Å². The largest absolute Gasteiger partial charge is 0.491 e. The first-order valence-electron chi connectivity index (χ1n) is 10.2. The van der Waals surface area contributed by atoms with Gasteiger partial charge in [-0.2, -0.15) is 0 Å². The molecule has 4 rings (SSSR count). The number of para-hydroxylation sites is 1. The zero-order valence-corrected chi connectivity index (χ0v) is 17.8. The van der Waals surface area contributed by atoms with E-state index >= 15 is 0 Å². The van der Waals surface area contributed by atoms with Crippen molar-refractivity contribution in [3.8, 4) is 5.75 Å². The van der Waals surface area contributed by atoms with Crippen LogP contribution in [0.5, 0.6) is 5.75 Å². The molecule has 0 spiro atoms. The molecule has 2 aromatic carbocycles. The molecule has 0 bridgehead atoms. The van der Waals surface area contributed by atoms with Crippen molar-refractivity contribution < 1.29 is 19.4 Å². The number of likely N-dealkylation sites (tertiary alicyclic amines) is 1. The highest BCUT2D eigenvalue weighted by molar-refractivity contribution is 7.18. The van der Waals surface area contributed by atoms with Gasteiger partial charge in [0.25, 0.3) is 0 Å². The number of hydrogen-bond donors (Lipinski definition) is 1. The number of carbonyl (C=O) groups excluding carboxylic acids is 1. The average molecular weight is 427 g/mol. The van der Waals surface area contributed by atoms with E-state index in [0.717, 1.165) is 31.4 Å². The number of aromatic nitrogens is 1. The first kappa shape index (κ1) is 20.8. The molecule has 30 heavy (non-hydrogen) atoms. The molecule has 1 N–H and O–H groups in total. The van der Waals surface area contributed by atoms with Crippen molar-refractivity contribution in [3.63, 3.8) is 0 Å². The summed E-state index contributed by atoms with van der Waals surface area (Å²) in [6, 6.07) is 15.0. The van der Waals surface area contributed by atoms with E-state index in [1.807, 2.05) is 6.07 Å². The van der Waals surface area contributed by atoms with Crippen LogP contribution in [0.4, 0.5) is 0 Å². The first-order valence-corrected chi connectivity index (χ1v) is 11.0. The van der Waals surface area contributed by atoms with E-state index in [9.17, 15) is 9.90 Å². The minimum atomic E-state index is -0.584. The van der Waals surface area contributed by atoms with Crippen LogP contribution in [0.2, 0.25) is 0 Å². The number of aliphatic hydroxyl groups excluding tert-OH is 1. The Hall–Kier alpha value is -2.48. The fourth-order valence-corrected chi connectivity index (χ4v) is 4.93. The van der Waals surface area contributed by atoms with Crippen LogP contribution in [0.25, 0.3) is 10.2 Å². The summed E-state index contributed by atoms with van der Waals surface area (Å²) in [6.45, 7) is 2.67. The van der Waals surface area contributed by atoms with Crippen molar-refractivity contribution in [2.75, 3.05) is 33.4 Å². The van der Waals surface area contributed by atoms with E-state index in [-0.39, 0.29) is 12.6 Å². The summed E-state index contributed by atoms with van der Waals surface area (Å²) in [5.74, 6) is 0.650. The first-order chi connectivity index (χ1) is 14.6. The predicted octanol–water partition coefficient (Wildman–Crippen LogP) is 3.70. The average Bonchev–Trinajstić information content (AvgIpc) is 3.22. The highest BCUT2D eigenvalue weighted by Gasteiger charge is 2.25. The number of thiazole rings is 1. The smallest absolute Gasteiger partial charge is 0.337 e. The van der Waals surface area contributed by atoms with Crippen molar-refractivity contribution in [3.05, 3.63) is 59.1 Å². The number of aliphatic hydroxyl groups is 1. The van der Waals surface area contributed by atoms with E-state index in [2.05, 4.69) is 27.8 Å². The summed E-state index contributed by atoms with van der Waals surface area (Å²) in [7, 11) is 1.35. The molecule has 1 fully saturated rings. The van der Waals surface area contributed by atoms with Crippen LogP contribution in [0.1, 0.15) is 34.1 Å². The zero-order chi connectivity index (χ0) is 20.9.